The third-order valence-corrected chi connectivity index (χ3v) is 3.97. The summed E-state index contributed by atoms with van der Waals surface area (Å²) in [6.45, 7) is 1.41. The zero-order valence-electron chi connectivity index (χ0n) is 11.6. The Morgan fingerprint density at radius 1 is 1.43 bits per heavy atom. The highest BCUT2D eigenvalue weighted by Crippen LogP contribution is 2.26. The number of pyridine rings is 1. The van der Waals surface area contributed by atoms with Gasteiger partial charge in [-0.3, -0.25) is 4.79 Å². The molecule has 1 unspecified atom stereocenters. The van der Waals surface area contributed by atoms with Gasteiger partial charge in [-0.05, 0) is 25.0 Å². The number of nitrogens with two attached hydrogens (primary N) is 1. The van der Waals surface area contributed by atoms with Crippen LogP contribution in [0.4, 0.5) is 5.82 Å². The van der Waals surface area contributed by atoms with Crippen molar-refractivity contribution in [2.45, 2.75) is 12.8 Å². The molecular formula is C16H16N4O. The molecule has 1 aromatic heterocycles. The van der Waals surface area contributed by atoms with Crippen LogP contribution in [0.25, 0.3) is 10.9 Å². The lowest BCUT2D eigenvalue weighted by molar-refractivity contribution is -0.122. The molecule has 1 aliphatic rings. The van der Waals surface area contributed by atoms with Crippen LogP contribution in [0.2, 0.25) is 0 Å². The smallest absolute Gasteiger partial charge is 0.222 e. The SMILES string of the molecule is N#Cc1cc(N2CCCC(C(N)=O)C2)nc2ccccc12. The normalized spacial score (nSPS) is 18.4. The molecule has 21 heavy (non-hydrogen) atoms. The molecule has 3 rings (SSSR count). The summed E-state index contributed by atoms with van der Waals surface area (Å²) < 4.78 is 0. The van der Waals surface area contributed by atoms with E-state index in [2.05, 4.69) is 11.1 Å². The lowest BCUT2D eigenvalue weighted by Gasteiger charge is -2.32. The molecule has 2 aromatic rings. The quantitative estimate of drug-likeness (QED) is 0.909. The van der Waals surface area contributed by atoms with Crippen molar-refractivity contribution >= 4 is 22.6 Å². The van der Waals surface area contributed by atoms with Crippen molar-refractivity contribution in [3.05, 3.63) is 35.9 Å². The van der Waals surface area contributed by atoms with Gasteiger partial charge in [-0.15, -0.1) is 0 Å². The molecule has 1 amide bonds. The summed E-state index contributed by atoms with van der Waals surface area (Å²) in [6, 6.07) is 11.6. The highest BCUT2D eigenvalue weighted by atomic mass is 16.1. The number of hydrogen-bond acceptors (Lipinski definition) is 4. The summed E-state index contributed by atoms with van der Waals surface area (Å²) in [4.78, 5) is 18.1. The fourth-order valence-corrected chi connectivity index (χ4v) is 2.83. The Morgan fingerprint density at radius 2 is 2.24 bits per heavy atom. The molecule has 1 saturated heterocycles. The molecular weight excluding hydrogens is 264 g/mol. The number of rotatable bonds is 2. The first-order valence-corrected chi connectivity index (χ1v) is 7.03. The number of amides is 1. The Hall–Kier alpha value is -2.61. The van der Waals surface area contributed by atoms with Gasteiger partial charge in [-0.1, -0.05) is 18.2 Å². The van der Waals surface area contributed by atoms with Gasteiger partial charge in [-0.25, -0.2) is 4.98 Å². The lowest BCUT2D eigenvalue weighted by Crippen LogP contribution is -2.41. The van der Waals surface area contributed by atoms with E-state index in [1.165, 1.54) is 0 Å². The summed E-state index contributed by atoms with van der Waals surface area (Å²) in [5, 5.41) is 10.2. The van der Waals surface area contributed by atoms with Crippen LogP contribution in [-0.4, -0.2) is 24.0 Å². The summed E-state index contributed by atoms with van der Waals surface area (Å²) in [6.07, 6.45) is 1.73. The maximum Gasteiger partial charge on any atom is 0.222 e. The van der Waals surface area contributed by atoms with Crippen LogP contribution in [0, 0.1) is 17.2 Å². The fraction of sp³-hybridized carbons (Fsp3) is 0.312. The second-order valence-corrected chi connectivity index (χ2v) is 5.34. The third-order valence-electron chi connectivity index (χ3n) is 3.97. The van der Waals surface area contributed by atoms with E-state index >= 15 is 0 Å². The summed E-state index contributed by atoms with van der Waals surface area (Å²) in [5.41, 5.74) is 6.82. The highest BCUT2D eigenvalue weighted by molar-refractivity contribution is 5.86. The number of carbonyl (C=O) groups is 1. The van der Waals surface area contributed by atoms with E-state index in [0.29, 0.717) is 12.1 Å². The number of para-hydroxylation sites is 1. The zero-order chi connectivity index (χ0) is 14.8. The molecule has 1 fully saturated rings. The molecule has 1 aliphatic heterocycles. The van der Waals surface area contributed by atoms with Gasteiger partial charge in [0.25, 0.3) is 0 Å². The molecule has 0 saturated carbocycles. The van der Waals surface area contributed by atoms with Crippen molar-refractivity contribution in [2.75, 3.05) is 18.0 Å². The zero-order valence-corrected chi connectivity index (χ0v) is 11.6. The number of piperidine rings is 1. The largest absolute Gasteiger partial charge is 0.369 e. The maximum atomic E-state index is 11.4. The van der Waals surface area contributed by atoms with Crippen LogP contribution in [0.1, 0.15) is 18.4 Å². The van der Waals surface area contributed by atoms with Crippen molar-refractivity contribution in [3.8, 4) is 6.07 Å². The minimum absolute atomic E-state index is 0.141. The van der Waals surface area contributed by atoms with Gasteiger partial charge < -0.3 is 10.6 Å². The maximum absolute atomic E-state index is 11.4. The number of nitriles is 1. The van der Waals surface area contributed by atoms with E-state index in [1.54, 1.807) is 6.07 Å². The number of primary amides is 1. The second kappa shape index (κ2) is 5.41. The van der Waals surface area contributed by atoms with Crippen molar-refractivity contribution in [1.29, 1.82) is 5.26 Å². The van der Waals surface area contributed by atoms with Gasteiger partial charge in [0.2, 0.25) is 5.91 Å². The number of benzene rings is 1. The molecule has 5 nitrogen and oxygen atoms in total. The Labute approximate surface area is 123 Å². The van der Waals surface area contributed by atoms with E-state index < -0.39 is 0 Å². The first-order chi connectivity index (χ1) is 10.2. The number of anilines is 1. The summed E-state index contributed by atoms with van der Waals surface area (Å²) in [7, 11) is 0. The minimum atomic E-state index is -0.263. The molecule has 0 radical (unpaired) electrons. The van der Waals surface area contributed by atoms with Gasteiger partial charge in [-0.2, -0.15) is 5.26 Å². The molecule has 0 aliphatic carbocycles. The van der Waals surface area contributed by atoms with Gasteiger partial charge in [0, 0.05) is 18.5 Å². The number of hydrogen-bond donors (Lipinski definition) is 1. The molecule has 0 spiro atoms. The van der Waals surface area contributed by atoms with Gasteiger partial charge in [0.15, 0.2) is 0 Å². The van der Waals surface area contributed by atoms with E-state index in [-0.39, 0.29) is 11.8 Å². The molecule has 106 valence electrons. The van der Waals surface area contributed by atoms with Crippen molar-refractivity contribution < 1.29 is 4.79 Å². The first-order valence-electron chi connectivity index (χ1n) is 7.03. The lowest BCUT2D eigenvalue weighted by atomic mass is 9.97. The van der Waals surface area contributed by atoms with Gasteiger partial charge in [0.05, 0.1) is 23.1 Å². The van der Waals surface area contributed by atoms with Crippen LogP contribution in [0.15, 0.2) is 30.3 Å². The molecule has 0 bridgehead atoms. The molecule has 1 atom stereocenters. The molecule has 1 aromatic carbocycles. The second-order valence-electron chi connectivity index (χ2n) is 5.34. The van der Waals surface area contributed by atoms with Crippen molar-refractivity contribution in [3.63, 3.8) is 0 Å². The topological polar surface area (TPSA) is 83.0 Å². The molecule has 2 N–H and O–H groups in total. The van der Waals surface area contributed by atoms with Crippen molar-refractivity contribution in [2.24, 2.45) is 11.7 Å². The number of aromatic nitrogens is 1. The minimum Gasteiger partial charge on any atom is -0.369 e. The van der Waals surface area contributed by atoms with Crippen LogP contribution < -0.4 is 10.6 Å². The molecule has 5 heteroatoms. The summed E-state index contributed by atoms with van der Waals surface area (Å²) >= 11 is 0. The van der Waals surface area contributed by atoms with Gasteiger partial charge >= 0.3 is 0 Å². The Bertz CT molecular complexity index is 735. The van der Waals surface area contributed by atoms with E-state index in [4.69, 9.17) is 5.73 Å². The predicted molar refractivity (Wildman–Crippen MR) is 80.6 cm³/mol. The number of carbonyl (C=O) groups excluding carboxylic acids is 1. The van der Waals surface area contributed by atoms with Crippen LogP contribution in [0.3, 0.4) is 0 Å². The molecule has 2 heterocycles. The van der Waals surface area contributed by atoms with E-state index in [0.717, 1.165) is 36.1 Å². The Kier molecular flexibility index (Phi) is 3.44. The predicted octanol–water partition coefficient (Wildman–Crippen LogP) is 1.81. The van der Waals surface area contributed by atoms with Crippen molar-refractivity contribution in [1.82, 2.24) is 4.98 Å². The monoisotopic (exact) mass is 280 g/mol. The van der Waals surface area contributed by atoms with E-state index in [1.807, 2.05) is 29.2 Å². The van der Waals surface area contributed by atoms with Crippen LogP contribution in [0.5, 0.6) is 0 Å². The first kappa shape index (κ1) is 13.4. The standard InChI is InChI=1S/C16H16N4O/c17-9-12-8-15(19-14-6-2-1-5-13(12)14)20-7-3-4-11(10-20)16(18)21/h1-2,5-6,8,11H,3-4,7,10H2,(H2,18,21). The Balaban J connectivity index is 2.01. The number of fused-ring (bicyclic) bond motifs is 1. The van der Waals surface area contributed by atoms with E-state index in [9.17, 15) is 10.1 Å². The average Bonchev–Trinajstić information content (AvgIpc) is 2.53. The fourth-order valence-electron chi connectivity index (χ4n) is 2.83. The van der Waals surface area contributed by atoms with Gasteiger partial charge in [0.1, 0.15) is 5.82 Å². The third kappa shape index (κ3) is 2.52. The number of nitrogens with zero attached hydrogens (tertiary/aromatic N) is 3. The summed E-state index contributed by atoms with van der Waals surface area (Å²) in [5.74, 6) is 0.342. The van der Waals surface area contributed by atoms with Crippen LogP contribution in [-0.2, 0) is 4.79 Å². The average molecular weight is 280 g/mol. The Morgan fingerprint density at radius 3 is 3.00 bits per heavy atom. The highest BCUT2D eigenvalue weighted by Gasteiger charge is 2.25. The van der Waals surface area contributed by atoms with Crippen LogP contribution >= 0.6 is 0 Å².